The van der Waals surface area contributed by atoms with Crippen molar-refractivity contribution in [1.82, 2.24) is 4.72 Å². The van der Waals surface area contributed by atoms with Crippen LogP contribution in [0.25, 0.3) is 0 Å². The quantitative estimate of drug-likeness (QED) is 0.319. The number of amidine groups is 1. The Hall–Kier alpha value is -1.60. The van der Waals surface area contributed by atoms with Gasteiger partial charge in [-0.15, -0.1) is 0 Å². The number of nitrogens with one attached hydrogen (secondary N) is 1. The Balaban J connectivity index is 3.10. The van der Waals surface area contributed by atoms with Gasteiger partial charge < -0.3 is 10.9 Å². The molecule has 0 aromatic heterocycles. The number of hydrogen-bond donors (Lipinski definition) is 3. The lowest BCUT2D eigenvalue weighted by Crippen LogP contribution is -2.40. The molecule has 0 bridgehead atoms. The van der Waals surface area contributed by atoms with E-state index in [0.717, 1.165) is 0 Å². The van der Waals surface area contributed by atoms with Gasteiger partial charge in [0.15, 0.2) is 5.84 Å². The summed E-state index contributed by atoms with van der Waals surface area (Å²) in [7, 11) is -3.52. The molecule has 0 aliphatic carbocycles. The van der Waals surface area contributed by atoms with Gasteiger partial charge in [0.1, 0.15) is 6.04 Å². The molecule has 0 spiro atoms. The Morgan fingerprint density at radius 1 is 1.33 bits per heavy atom. The maximum Gasteiger partial charge on any atom is 0.214 e. The monoisotopic (exact) mass is 271 g/mol. The van der Waals surface area contributed by atoms with Gasteiger partial charge in [-0.3, -0.25) is 0 Å². The summed E-state index contributed by atoms with van der Waals surface area (Å²) in [6.45, 7) is 3.10. The van der Waals surface area contributed by atoms with Gasteiger partial charge in [-0.2, -0.15) is 4.72 Å². The fraction of sp³-hybridized carbons (Fsp3) is 0.364. The number of oxime groups is 1. The van der Waals surface area contributed by atoms with Crippen molar-refractivity contribution in [2.24, 2.45) is 10.9 Å². The van der Waals surface area contributed by atoms with E-state index in [-0.39, 0.29) is 5.84 Å². The van der Waals surface area contributed by atoms with Gasteiger partial charge in [-0.1, -0.05) is 35.5 Å². The molecule has 0 aliphatic rings. The number of benzene rings is 1. The number of sulfonamides is 1. The van der Waals surface area contributed by atoms with E-state index in [4.69, 9.17) is 10.9 Å². The summed E-state index contributed by atoms with van der Waals surface area (Å²) in [5.74, 6) is -0.203. The van der Waals surface area contributed by atoms with Crippen molar-refractivity contribution < 1.29 is 13.6 Å². The topological polar surface area (TPSA) is 105 Å². The van der Waals surface area contributed by atoms with Crippen molar-refractivity contribution in [3.05, 3.63) is 35.9 Å². The van der Waals surface area contributed by atoms with Crippen LogP contribution in [0.15, 0.2) is 35.5 Å². The van der Waals surface area contributed by atoms with E-state index >= 15 is 0 Å². The van der Waals surface area contributed by atoms with Crippen LogP contribution < -0.4 is 10.5 Å². The Kier molecular flexibility index (Phi) is 4.69. The van der Waals surface area contributed by atoms with Crippen molar-refractivity contribution in [1.29, 1.82) is 0 Å². The molecule has 1 aromatic carbocycles. The van der Waals surface area contributed by atoms with Gasteiger partial charge >= 0.3 is 0 Å². The van der Waals surface area contributed by atoms with Crippen LogP contribution in [0, 0.1) is 0 Å². The predicted octanol–water partition coefficient (Wildman–Crippen LogP) is 0.802. The van der Waals surface area contributed by atoms with Crippen LogP contribution in [0.4, 0.5) is 0 Å². The van der Waals surface area contributed by atoms with Crippen LogP contribution in [0.5, 0.6) is 0 Å². The number of nitrogens with two attached hydrogens (primary N) is 1. The molecule has 0 saturated carbocycles. The van der Waals surface area contributed by atoms with E-state index < -0.39 is 21.3 Å². The van der Waals surface area contributed by atoms with E-state index in [1.54, 1.807) is 44.2 Å². The van der Waals surface area contributed by atoms with Crippen LogP contribution >= 0.6 is 0 Å². The smallest absolute Gasteiger partial charge is 0.214 e. The molecule has 0 aliphatic heterocycles. The molecule has 1 unspecified atom stereocenters. The molecular weight excluding hydrogens is 254 g/mol. The standard InChI is InChI=1S/C11H17N3O3S/c1-8(2)18(16,17)14-10(11(12)13-15)9-6-4-3-5-7-9/h3-8,10,14-15H,1-2H3,(H2,12,13). The first kappa shape index (κ1) is 14.5. The lowest BCUT2D eigenvalue weighted by atomic mass is 10.1. The molecule has 0 saturated heterocycles. The first-order valence-corrected chi connectivity index (χ1v) is 6.96. The average Bonchev–Trinajstić information content (AvgIpc) is 2.36. The largest absolute Gasteiger partial charge is 0.409 e. The number of hydrogen-bond acceptors (Lipinski definition) is 4. The zero-order valence-corrected chi connectivity index (χ0v) is 11.1. The lowest BCUT2D eigenvalue weighted by Gasteiger charge is -2.19. The summed E-state index contributed by atoms with van der Waals surface area (Å²) in [5, 5.41) is 11.0. The summed E-state index contributed by atoms with van der Waals surface area (Å²) in [4.78, 5) is 0. The van der Waals surface area contributed by atoms with Crippen molar-refractivity contribution >= 4 is 15.9 Å². The molecule has 6 nitrogen and oxygen atoms in total. The van der Waals surface area contributed by atoms with Gasteiger partial charge in [0.05, 0.1) is 5.25 Å². The lowest BCUT2D eigenvalue weighted by molar-refractivity contribution is 0.315. The predicted molar refractivity (Wildman–Crippen MR) is 69.8 cm³/mol. The Morgan fingerprint density at radius 3 is 2.33 bits per heavy atom. The molecule has 0 fully saturated rings. The van der Waals surface area contributed by atoms with Crippen molar-refractivity contribution in [3.8, 4) is 0 Å². The SMILES string of the molecule is CC(C)S(=O)(=O)NC(/C(N)=N/O)c1ccccc1. The molecule has 7 heteroatoms. The third-order valence-corrected chi connectivity index (χ3v) is 4.25. The summed E-state index contributed by atoms with van der Waals surface area (Å²) < 4.78 is 26.1. The highest BCUT2D eigenvalue weighted by atomic mass is 32.2. The van der Waals surface area contributed by atoms with Gasteiger partial charge in [0.25, 0.3) is 0 Å². The maximum atomic E-state index is 11.8. The Bertz CT molecular complexity index is 512. The van der Waals surface area contributed by atoms with Gasteiger partial charge in [0.2, 0.25) is 10.0 Å². The molecular formula is C11H17N3O3S. The van der Waals surface area contributed by atoms with Crippen LogP contribution in [0.3, 0.4) is 0 Å². The molecule has 0 radical (unpaired) electrons. The van der Waals surface area contributed by atoms with Crippen LogP contribution in [-0.2, 0) is 10.0 Å². The summed E-state index contributed by atoms with van der Waals surface area (Å²) >= 11 is 0. The molecule has 1 aromatic rings. The van der Waals surface area contributed by atoms with Crippen LogP contribution in [0.2, 0.25) is 0 Å². The van der Waals surface area contributed by atoms with E-state index in [1.807, 2.05) is 0 Å². The number of nitrogens with zero attached hydrogens (tertiary/aromatic N) is 1. The first-order valence-electron chi connectivity index (χ1n) is 5.42. The zero-order valence-electron chi connectivity index (χ0n) is 10.2. The minimum atomic E-state index is -3.52. The highest BCUT2D eigenvalue weighted by Crippen LogP contribution is 2.15. The summed E-state index contributed by atoms with van der Waals surface area (Å²) in [5.41, 5.74) is 6.14. The molecule has 4 N–H and O–H groups in total. The Morgan fingerprint density at radius 2 is 1.89 bits per heavy atom. The zero-order chi connectivity index (χ0) is 13.8. The molecule has 0 amide bonds. The molecule has 100 valence electrons. The third-order valence-electron chi connectivity index (χ3n) is 2.45. The van der Waals surface area contributed by atoms with Crippen molar-refractivity contribution in [2.75, 3.05) is 0 Å². The second kappa shape index (κ2) is 5.83. The minimum absolute atomic E-state index is 0.203. The fourth-order valence-electron chi connectivity index (χ4n) is 1.30. The van der Waals surface area contributed by atoms with Crippen LogP contribution in [-0.4, -0.2) is 24.7 Å². The average molecular weight is 271 g/mol. The van der Waals surface area contributed by atoms with Gasteiger partial charge in [-0.25, -0.2) is 8.42 Å². The van der Waals surface area contributed by atoms with Crippen LogP contribution in [0.1, 0.15) is 25.5 Å². The highest BCUT2D eigenvalue weighted by Gasteiger charge is 2.25. The van der Waals surface area contributed by atoms with Crippen molar-refractivity contribution in [2.45, 2.75) is 25.1 Å². The van der Waals surface area contributed by atoms with Gasteiger partial charge in [0, 0.05) is 0 Å². The third kappa shape index (κ3) is 3.44. The van der Waals surface area contributed by atoms with E-state index in [2.05, 4.69) is 9.88 Å². The summed E-state index contributed by atoms with van der Waals surface area (Å²) in [6.07, 6.45) is 0. The fourth-order valence-corrected chi connectivity index (χ4v) is 2.16. The van der Waals surface area contributed by atoms with E-state index in [1.165, 1.54) is 0 Å². The van der Waals surface area contributed by atoms with Gasteiger partial charge in [-0.05, 0) is 19.4 Å². The minimum Gasteiger partial charge on any atom is -0.409 e. The highest BCUT2D eigenvalue weighted by molar-refractivity contribution is 7.90. The molecule has 18 heavy (non-hydrogen) atoms. The van der Waals surface area contributed by atoms with E-state index in [0.29, 0.717) is 5.56 Å². The molecule has 0 heterocycles. The summed E-state index contributed by atoms with van der Waals surface area (Å²) in [6, 6.07) is 7.82. The second-order valence-corrected chi connectivity index (χ2v) is 6.35. The van der Waals surface area contributed by atoms with E-state index in [9.17, 15) is 8.42 Å². The first-order chi connectivity index (χ1) is 8.38. The maximum absolute atomic E-state index is 11.8. The number of rotatable bonds is 5. The molecule has 1 atom stereocenters. The second-order valence-electron chi connectivity index (χ2n) is 4.08. The molecule has 1 rings (SSSR count). The Labute approximate surface area is 107 Å². The van der Waals surface area contributed by atoms with Crippen molar-refractivity contribution in [3.63, 3.8) is 0 Å². The normalized spacial score (nSPS) is 14.7.